The minimum absolute atomic E-state index is 0.0892. The third-order valence-corrected chi connectivity index (χ3v) is 4.05. The molecule has 3 unspecified atom stereocenters. The van der Waals surface area contributed by atoms with Crippen LogP contribution in [0.3, 0.4) is 0 Å². The SMILES string of the molecule is CN(C)CC(C)(O)CN1C(=O)C2C(C1=O)C2(C)C. The molecule has 1 heterocycles. The van der Waals surface area contributed by atoms with E-state index >= 15 is 0 Å². The van der Waals surface area contributed by atoms with Crippen molar-refractivity contribution < 1.29 is 14.7 Å². The molecule has 0 aromatic rings. The smallest absolute Gasteiger partial charge is 0.233 e. The van der Waals surface area contributed by atoms with Crippen molar-refractivity contribution in [2.24, 2.45) is 17.3 Å². The first kappa shape index (κ1) is 13.5. The summed E-state index contributed by atoms with van der Waals surface area (Å²) in [6.45, 7) is 6.07. The molecule has 1 aliphatic carbocycles. The Morgan fingerprint density at radius 2 is 1.72 bits per heavy atom. The predicted molar refractivity (Wildman–Crippen MR) is 66.7 cm³/mol. The molecule has 1 aliphatic heterocycles. The zero-order chi connectivity index (χ0) is 13.9. The number of aliphatic hydroxyl groups is 1. The Kier molecular flexibility index (Phi) is 2.83. The van der Waals surface area contributed by atoms with Gasteiger partial charge in [-0.25, -0.2) is 0 Å². The van der Waals surface area contributed by atoms with Crippen LogP contribution in [0.2, 0.25) is 0 Å². The molecule has 1 saturated heterocycles. The molecule has 3 atom stereocenters. The van der Waals surface area contributed by atoms with Crippen LogP contribution in [0.15, 0.2) is 0 Å². The van der Waals surface area contributed by atoms with Crippen LogP contribution in [-0.4, -0.2) is 59.5 Å². The van der Waals surface area contributed by atoms with Gasteiger partial charge in [0, 0.05) is 6.54 Å². The number of nitrogens with zero attached hydrogens (tertiary/aromatic N) is 2. The van der Waals surface area contributed by atoms with Gasteiger partial charge in [-0.3, -0.25) is 14.5 Å². The second kappa shape index (κ2) is 3.78. The Balaban J connectivity index is 2.05. The second-order valence-electron chi connectivity index (χ2n) is 6.77. The first-order chi connectivity index (χ1) is 8.08. The lowest BCUT2D eigenvalue weighted by atomic mass is 10.0. The highest BCUT2D eigenvalue weighted by Crippen LogP contribution is 2.63. The number of likely N-dealkylation sites (tertiary alicyclic amines) is 1. The summed E-state index contributed by atoms with van der Waals surface area (Å²) in [6.07, 6.45) is 0. The summed E-state index contributed by atoms with van der Waals surface area (Å²) >= 11 is 0. The molecule has 0 spiro atoms. The fourth-order valence-electron chi connectivity index (χ4n) is 3.23. The molecule has 102 valence electrons. The average Bonchev–Trinajstić information content (AvgIpc) is 2.63. The number of carbonyl (C=O) groups excluding carboxylic acids is 2. The van der Waals surface area contributed by atoms with Crippen molar-refractivity contribution in [3.8, 4) is 0 Å². The number of β-amino-alcohol motifs (C(OH)–C–C–N with tert-alkyl or cyclic N) is 1. The van der Waals surface area contributed by atoms with Crippen molar-refractivity contribution in [2.75, 3.05) is 27.2 Å². The third kappa shape index (κ3) is 1.95. The number of amides is 2. The van der Waals surface area contributed by atoms with E-state index in [0.29, 0.717) is 6.54 Å². The quantitative estimate of drug-likeness (QED) is 0.714. The Morgan fingerprint density at radius 1 is 1.28 bits per heavy atom. The summed E-state index contributed by atoms with van der Waals surface area (Å²) in [4.78, 5) is 27.3. The number of carbonyl (C=O) groups is 2. The molecule has 0 aromatic heterocycles. The maximum absolute atomic E-state index is 12.1. The van der Waals surface area contributed by atoms with E-state index in [1.165, 1.54) is 4.90 Å². The Morgan fingerprint density at radius 3 is 2.11 bits per heavy atom. The number of hydrogen-bond donors (Lipinski definition) is 1. The monoisotopic (exact) mass is 254 g/mol. The predicted octanol–water partition coefficient (Wildman–Crippen LogP) is -0.0600. The molecule has 5 nitrogen and oxygen atoms in total. The molecule has 1 N–H and O–H groups in total. The lowest BCUT2D eigenvalue weighted by Gasteiger charge is -2.32. The number of piperidine rings is 1. The minimum atomic E-state index is -1.06. The van der Waals surface area contributed by atoms with Gasteiger partial charge in [0.25, 0.3) is 0 Å². The maximum Gasteiger partial charge on any atom is 0.233 e. The molecule has 18 heavy (non-hydrogen) atoms. The third-order valence-electron chi connectivity index (χ3n) is 4.05. The number of fused-ring (bicyclic) bond motifs is 1. The lowest BCUT2D eigenvalue weighted by molar-refractivity contribution is -0.147. The van der Waals surface area contributed by atoms with Crippen LogP contribution in [0.25, 0.3) is 0 Å². The van der Waals surface area contributed by atoms with Gasteiger partial charge in [-0.15, -0.1) is 0 Å². The van der Waals surface area contributed by atoms with Gasteiger partial charge in [0.1, 0.15) is 0 Å². The van der Waals surface area contributed by atoms with Crippen LogP contribution in [0.1, 0.15) is 20.8 Å². The van der Waals surface area contributed by atoms with E-state index in [1.54, 1.807) is 6.92 Å². The van der Waals surface area contributed by atoms with Crippen LogP contribution >= 0.6 is 0 Å². The standard InChI is InChI=1S/C13H22N2O3/c1-12(2)8-9(12)11(17)15(10(8)16)7-13(3,18)6-14(4)5/h8-9,18H,6-7H2,1-5H3. The van der Waals surface area contributed by atoms with Gasteiger partial charge in [0.15, 0.2) is 0 Å². The molecule has 2 rings (SSSR count). The largest absolute Gasteiger partial charge is 0.387 e. The van der Waals surface area contributed by atoms with E-state index in [9.17, 15) is 14.7 Å². The summed E-state index contributed by atoms with van der Waals surface area (Å²) in [6, 6.07) is 0. The minimum Gasteiger partial charge on any atom is -0.387 e. The van der Waals surface area contributed by atoms with Crippen molar-refractivity contribution >= 4 is 11.8 Å². The molecule has 0 bridgehead atoms. The van der Waals surface area contributed by atoms with E-state index in [1.807, 2.05) is 32.8 Å². The van der Waals surface area contributed by atoms with Crippen LogP contribution in [-0.2, 0) is 9.59 Å². The van der Waals surface area contributed by atoms with Gasteiger partial charge in [0.2, 0.25) is 11.8 Å². The summed E-state index contributed by atoms with van der Waals surface area (Å²) < 4.78 is 0. The van der Waals surface area contributed by atoms with Crippen LogP contribution in [0.5, 0.6) is 0 Å². The Hall–Kier alpha value is -0.940. The normalized spacial score (nSPS) is 32.7. The van der Waals surface area contributed by atoms with Crippen molar-refractivity contribution in [3.63, 3.8) is 0 Å². The van der Waals surface area contributed by atoms with Crippen molar-refractivity contribution in [3.05, 3.63) is 0 Å². The molecule has 0 aromatic carbocycles. The van der Waals surface area contributed by atoms with E-state index in [2.05, 4.69) is 0 Å². The molecular formula is C13H22N2O3. The summed E-state index contributed by atoms with van der Waals surface area (Å²) in [7, 11) is 3.70. The van der Waals surface area contributed by atoms with Gasteiger partial charge < -0.3 is 10.0 Å². The zero-order valence-corrected chi connectivity index (χ0v) is 11.7. The zero-order valence-electron chi connectivity index (χ0n) is 11.7. The summed E-state index contributed by atoms with van der Waals surface area (Å²) in [5, 5.41) is 10.2. The van der Waals surface area contributed by atoms with E-state index in [4.69, 9.17) is 0 Å². The second-order valence-corrected chi connectivity index (χ2v) is 6.77. The van der Waals surface area contributed by atoms with Crippen LogP contribution < -0.4 is 0 Å². The molecule has 2 aliphatic rings. The first-order valence-corrected chi connectivity index (χ1v) is 6.30. The molecule has 0 radical (unpaired) electrons. The molecule has 2 fully saturated rings. The molecule has 2 amide bonds. The Labute approximate surface area is 108 Å². The van der Waals surface area contributed by atoms with Gasteiger partial charge in [0.05, 0.1) is 24.0 Å². The topological polar surface area (TPSA) is 60.9 Å². The van der Waals surface area contributed by atoms with Gasteiger partial charge >= 0.3 is 0 Å². The van der Waals surface area contributed by atoms with Gasteiger partial charge in [-0.2, -0.15) is 0 Å². The fourth-order valence-corrected chi connectivity index (χ4v) is 3.23. The van der Waals surface area contributed by atoms with E-state index in [0.717, 1.165) is 0 Å². The highest BCUT2D eigenvalue weighted by atomic mass is 16.3. The summed E-state index contributed by atoms with van der Waals surface area (Å²) in [5.41, 5.74) is -1.24. The van der Waals surface area contributed by atoms with Crippen LogP contribution in [0, 0.1) is 17.3 Å². The lowest BCUT2D eigenvalue weighted by Crippen LogP contribution is -2.50. The van der Waals surface area contributed by atoms with Crippen LogP contribution in [0.4, 0.5) is 0 Å². The van der Waals surface area contributed by atoms with Gasteiger partial charge in [-0.1, -0.05) is 13.8 Å². The van der Waals surface area contributed by atoms with Crippen molar-refractivity contribution in [1.82, 2.24) is 9.80 Å². The average molecular weight is 254 g/mol. The van der Waals surface area contributed by atoms with Crippen molar-refractivity contribution in [1.29, 1.82) is 0 Å². The number of imide groups is 1. The number of rotatable bonds is 4. The highest BCUT2D eigenvalue weighted by Gasteiger charge is 2.72. The molecular weight excluding hydrogens is 232 g/mol. The molecule has 1 saturated carbocycles. The van der Waals surface area contributed by atoms with Crippen molar-refractivity contribution in [2.45, 2.75) is 26.4 Å². The Bertz CT molecular complexity index is 377. The van der Waals surface area contributed by atoms with E-state index < -0.39 is 5.60 Å². The fraction of sp³-hybridized carbons (Fsp3) is 0.846. The first-order valence-electron chi connectivity index (χ1n) is 6.30. The summed E-state index contributed by atoms with van der Waals surface area (Å²) in [5.74, 6) is -0.566. The van der Waals surface area contributed by atoms with E-state index in [-0.39, 0.29) is 35.6 Å². The number of hydrogen-bond acceptors (Lipinski definition) is 4. The molecule has 5 heteroatoms. The maximum atomic E-state index is 12.1. The highest BCUT2D eigenvalue weighted by molar-refractivity contribution is 6.10. The van der Waals surface area contributed by atoms with Gasteiger partial charge in [-0.05, 0) is 26.4 Å². The number of likely N-dealkylation sites (N-methyl/N-ethyl adjacent to an activating group) is 1.